The van der Waals surface area contributed by atoms with Crippen LogP contribution in [-0.4, -0.2) is 10.9 Å². The highest BCUT2D eigenvalue weighted by atomic mass is 19.4. The first-order chi connectivity index (χ1) is 13.3. The first-order valence-electron chi connectivity index (χ1n) is 8.49. The standard InChI is InChI=1S/C20H16F4N2O2/c21-16-10-9-14(11-15(16)20(22,23)24)26-18(27)7-4-8-19-25-12-17(28-19)13-5-2-1-3-6-13/h1-3,5-6,9-12H,4,7-8H2,(H,26,27). The summed E-state index contributed by atoms with van der Waals surface area (Å²) in [5, 5.41) is 2.34. The molecule has 0 bridgehead atoms. The molecule has 1 heterocycles. The van der Waals surface area contributed by atoms with Crippen LogP contribution in [0.15, 0.2) is 59.1 Å². The van der Waals surface area contributed by atoms with E-state index in [-0.39, 0.29) is 12.1 Å². The summed E-state index contributed by atoms with van der Waals surface area (Å²) in [6, 6.07) is 11.7. The van der Waals surface area contributed by atoms with Crippen molar-refractivity contribution in [3.05, 3.63) is 72.0 Å². The highest BCUT2D eigenvalue weighted by molar-refractivity contribution is 5.90. The topological polar surface area (TPSA) is 55.1 Å². The second kappa shape index (κ2) is 8.24. The van der Waals surface area contributed by atoms with Crippen molar-refractivity contribution in [1.29, 1.82) is 0 Å². The van der Waals surface area contributed by atoms with Crippen molar-refractivity contribution in [2.24, 2.45) is 0 Å². The number of nitrogens with zero attached hydrogens (tertiary/aromatic N) is 1. The number of carbonyl (C=O) groups is 1. The predicted octanol–water partition coefficient (Wildman–Crippen LogP) is 5.46. The number of benzene rings is 2. The number of hydrogen-bond acceptors (Lipinski definition) is 3. The van der Waals surface area contributed by atoms with Gasteiger partial charge in [-0.25, -0.2) is 9.37 Å². The van der Waals surface area contributed by atoms with E-state index in [1.165, 1.54) is 0 Å². The molecule has 146 valence electrons. The van der Waals surface area contributed by atoms with Crippen LogP contribution in [0.1, 0.15) is 24.3 Å². The molecule has 0 unspecified atom stereocenters. The molecular weight excluding hydrogens is 376 g/mol. The molecule has 3 aromatic rings. The van der Waals surface area contributed by atoms with E-state index in [2.05, 4.69) is 10.3 Å². The normalized spacial score (nSPS) is 11.4. The summed E-state index contributed by atoms with van der Waals surface area (Å²) in [5.74, 6) is -0.781. The maximum absolute atomic E-state index is 13.3. The monoisotopic (exact) mass is 392 g/mol. The Morgan fingerprint density at radius 3 is 2.57 bits per heavy atom. The molecule has 0 atom stereocenters. The van der Waals surface area contributed by atoms with Gasteiger partial charge in [0.05, 0.1) is 11.8 Å². The van der Waals surface area contributed by atoms with Gasteiger partial charge in [-0.2, -0.15) is 13.2 Å². The first-order valence-corrected chi connectivity index (χ1v) is 8.49. The summed E-state index contributed by atoms with van der Waals surface area (Å²) in [4.78, 5) is 16.1. The van der Waals surface area contributed by atoms with Gasteiger partial charge in [0.25, 0.3) is 0 Å². The molecule has 0 saturated carbocycles. The molecule has 0 spiro atoms. The van der Waals surface area contributed by atoms with Crippen molar-refractivity contribution in [1.82, 2.24) is 4.98 Å². The van der Waals surface area contributed by atoms with Crippen LogP contribution in [0.4, 0.5) is 23.2 Å². The minimum absolute atomic E-state index is 0.0573. The molecule has 28 heavy (non-hydrogen) atoms. The van der Waals surface area contributed by atoms with Gasteiger partial charge in [0.15, 0.2) is 11.7 Å². The lowest BCUT2D eigenvalue weighted by atomic mass is 10.1. The van der Waals surface area contributed by atoms with Crippen LogP contribution in [0.3, 0.4) is 0 Å². The molecule has 1 N–H and O–H groups in total. The van der Waals surface area contributed by atoms with E-state index < -0.39 is 23.5 Å². The third-order valence-corrected chi connectivity index (χ3v) is 3.96. The molecule has 1 aromatic heterocycles. The average molecular weight is 392 g/mol. The van der Waals surface area contributed by atoms with Gasteiger partial charge in [-0.05, 0) is 24.6 Å². The van der Waals surface area contributed by atoms with Gasteiger partial charge in [-0.15, -0.1) is 0 Å². The Morgan fingerprint density at radius 1 is 1.11 bits per heavy atom. The Kier molecular flexibility index (Phi) is 5.77. The lowest BCUT2D eigenvalue weighted by Crippen LogP contribution is -2.14. The number of aromatic nitrogens is 1. The molecule has 8 heteroatoms. The molecule has 0 fully saturated rings. The number of amides is 1. The van der Waals surface area contributed by atoms with E-state index in [4.69, 9.17) is 4.42 Å². The third kappa shape index (κ3) is 4.97. The molecule has 0 aliphatic rings. The van der Waals surface area contributed by atoms with Gasteiger partial charge >= 0.3 is 6.18 Å². The van der Waals surface area contributed by atoms with Gasteiger partial charge in [-0.1, -0.05) is 30.3 Å². The van der Waals surface area contributed by atoms with Crippen molar-refractivity contribution in [3.63, 3.8) is 0 Å². The number of rotatable bonds is 6. The van der Waals surface area contributed by atoms with Crippen LogP contribution in [-0.2, 0) is 17.4 Å². The number of halogens is 4. The van der Waals surface area contributed by atoms with Crippen molar-refractivity contribution in [3.8, 4) is 11.3 Å². The van der Waals surface area contributed by atoms with Gasteiger partial charge < -0.3 is 9.73 Å². The van der Waals surface area contributed by atoms with Gasteiger partial charge in [0.1, 0.15) is 5.82 Å². The number of aryl methyl sites for hydroxylation is 1. The molecular formula is C20H16F4N2O2. The van der Waals surface area contributed by atoms with E-state index in [0.717, 1.165) is 11.6 Å². The zero-order valence-electron chi connectivity index (χ0n) is 14.6. The number of oxazole rings is 1. The Balaban J connectivity index is 1.52. The SMILES string of the molecule is O=C(CCCc1ncc(-c2ccccc2)o1)Nc1ccc(F)c(C(F)(F)F)c1. The van der Waals surface area contributed by atoms with Crippen LogP contribution < -0.4 is 5.32 Å². The van der Waals surface area contributed by atoms with Gasteiger partial charge in [0.2, 0.25) is 5.91 Å². The van der Waals surface area contributed by atoms with E-state index in [1.807, 2.05) is 30.3 Å². The molecule has 2 aromatic carbocycles. The lowest BCUT2D eigenvalue weighted by Gasteiger charge is -2.11. The fourth-order valence-electron chi connectivity index (χ4n) is 2.61. The lowest BCUT2D eigenvalue weighted by molar-refractivity contribution is -0.140. The molecule has 0 saturated heterocycles. The number of anilines is 1. The van der Waals surface area contributed by atoms with Crippen molar-refractivity contribution in [2.75, 3.05) is 5.32 Å². The third-order valence-electron chi connectivity index (χ3n) is 3.96. The molecule has 0 aliphatic heterocycles. The quantitative estimate of drug-likeness (QED) is 0.567. The van der Waals surface area contributed by atoms with E-state index >= 15 is 0 Å². The largest absolute Gasteiger partial charge is 0.441 e. The summed E-state index contributed by atoms with van der Waals surface area (Å²) in [6.45, 7) is 0. The fourth-order valence-corrected chi connectivity index (χ4v) is 2.61. The number of carbonyl (C=O) groups excluding carboxylic acids is 1. The van der Waals surface area contributed by atoms with Crippen molar-refractivity contribution < 1.29 is 26.8 Å². The van der Waals surface area contributed by atoms with Gasteiger partial charge in [-0.3, -0.25) is 4.79 Å². The average Bonchev–Trinajstić information content (AvgIpc) is 3.12. The number of hydrogen-bond donors (Lipinski definition) is 1. The molecule has 3 rings (SSSR count). The maximum Gasteiger partial charge on any atom is 0.419 e. The Morgan fingerprint density at radius 2 is 1.86 bits per heavy atom. The summed E-state index contributed by atoms with van der Waals surface area (Å²) >= 11 is 0. The highest BCUT2D eigenvalue weighted by Crippen LogP contribution is 2.33. The zero-order chi connectivity index (χ0) is 20.1. The summed E-state index contributed by atoms with van der Waals surface area (Å²) < 4.78 is 57.0. The number of alkyl halides is 3. The fraction of sp³-hybridized carbons (Fsp3) is 0.200. The van der Waals surface area contributed by atoms with Crippen molar-refractivity contribution >= 4 is 11.6 Å². The second-order valence-corrected chi connectivity index (χ2v) is 6.08. The Labute approximate surface area is 158 Å². The molecule has 4 nitrogen and oxygen atoms in total. The van der Waals surface area contributed by atoms with Crippen LogP contribution in [0, 0.1) is 5.82 Å². The summed E-state index contributed by atoms with van der Waals surface area (Å²) in [5.41, 5.74) is -0.643. The van der Waals surface area contributed by atoms with Crippen LogP contribution in [0.25, 0.3) is 11.3 Å². The minimum Gasteiger partial charge on any atom is -0.441 e. The van der Waals surface area contributed by atoms with E-state index in [0.29, 0.717) is 36.6 Å². The Bertz CT molecular complexity index is 952. The maximum atomic E-state index is 13.3. The minimum atomic E-state index is -4.83. The van der Waals surface area contributed by atoms with Gasteiger partial charge in [0, 0.05) is 24.1 Å². The summed E-state index contributed by atoms with van der Waals surface area (Å²) in [6.07, 6.45) is -2.37. The van der Waals surface area contributed by atoms with E-state index in [1.54, 1.807) is 6.20 Å². The van der Waals surface area contributed by atoms with Crippen LogP contribution in [0.5, 0.6) is 0 Å². The second-order valence-electron chi connectivity index (χ2n) is 6.08. The zero-order valence-corrected chi connectivity index (χ0v) is 14.6. The molecule has 0 aliphatic carbocycles. The van der Waals surface area contributed by atoms with Crippen molar-refractivity contribution in [2.45, 2.75) is 25.4 Å². The smallest absolute Gasteiger partial charge is 0.419 e. The Hall–Kier alpha value is -3.16. The highest BCUT2D eigenvalue weighted by Gasteiger charge is 2.34. The van der Waals surface area contributed by atoms with Crippen LogP contribution >= 0.6 is 0 Å². The molecule has 1 amide bonds. The summed E-state index contributed by atoms with van der Waals surface area (Å²) in [7, 11) is 0. The number of nitrogens with one attached hydrogen (secondary N) is 1. The van der Waals surface area contributed by atoms with E-state index in [9.17, 15) is 22.4 Å². The first kappa shape index (κ1) is 19.6. The molecule has 0 radical (unpaired) electrons. The van der Waals surface area contributed by atoms with Crippen LogP contribution in [0.2, 0.25) is 0 Å². The predicted molar refractivity (Wildman–Crippen MR) is 94.9 cm³/mol.